The number of fused-ring (bicyclic) bond motifs is 5. The highest BCUT2D eigenvalue weighted by molar-refractivity contribution is 8.00. The average molecular weight is 615 g/mol. The summed E-state index contributed by atoms with van der Waals surface area (Å²) in [6.45, 7) is 13.1. The molecule has 8 atom stereocenters. The van der Waals surface area contributed by atoms with E-state index in [1.165, 1.54) is 44.1 Å². The molecule has 4 aliphatic carbocycles. The Morgan fingerprint density at radius 2 is 1.64 bits per heavy atom. The Kier molecular flexibility index (Phi) is 8.40. The van der Waals surface area contributed by atoms with Crippen molar-refractivity contribution in [2.24, 2.45) is 34.5 Å². The lowest BCUT2D eigenvalue weighted by atomic mass is 9.47. The number of ether oxygens (including phenoxy) is 1. The summed E-state index contributed by atoms with van der Waals surface area (Å²) < 4.78 is 20.9. The van der Waals surface area contributed by atoms with Crippen LogP contribution in [-0.2, 0) is 9.30 Å². The molecule has 0 aromatic heterocycles. The minimum Gasteiger partial charge on any atom is -0.456 e. The first-order chi connectivity index (χ1) is 20.9. The van der Waals surface area contributed by atoms with E-state index in [2.05, 4.69) is 26.8 Å². The van der Waals surface area contributed by atoms with Crippen molar-refractivity contribution in [3.05, 3.63) is 76.4 Å². The summed E-state index contributed by atoms with van der Waals surface area (Å²) in [5, 5.41) is 0.248. The van der Waals surface area contributed by atoms with Crippen molar-refractivity contribution < 1.29 is 18.9 Å². The van der Waals surface area contributed by atoms with E-state index in [9.17, 15) is 14.2 Å². The fourth-order valence-electron chi connectivity index (χ4n) is 10.5. The van der Waals surface area contributed by atoms with Gasteiger partial charge in [0.1, 0.15) is 6.10 Å². The minimum absolute atomic E-state index is 0.130. The quantitative estimate of drug-likeness (QED) is 0.230. The lowest BCUT2D eigenvalue weighted by Crippen LogP contribution is -2.50. The van der Waals surface area contributed by atoms with E-state index in [-0.39, 0.29) is 16.8 Å². The first-order valence-corrected chi connectivity index (χ1v) is 18.8. The Bertz CT molecular complexity index is 1500. The van der Waals surface area contributed by atoms with Gasteiger partial charge in [0.15, 0.2) is 0 Å². The molecule has 5 heteroatoms. The molecule has 0 aliphatic heterocycles. The van der Waals surface area contributed by atoms with E-state index < -0.39 is 18.4 Å². The maximum Gasteiger partial charge on any atom is 0.376 e. The van der Waals surface area contributed by atoms with Crippen molar-refractivity contribution in [3.63, 3.8) is 0 Å². The van der Waals surface area contributed by atoms with Crippen LogP contribution in [-0.4, -0.2) is 17.3 Å². The zero-order chi connectivity index (χ0) is 31.4. The minimum atomic E-state index is -4.24. The molecule has 0 bridgehead atoms. The third kappa shape index (κ3) is 4.99. The van der Waals surface area contributed by atoms with Gasteiger partial charge < -0.3 is 4.74 Å². The van der Waals surface area contributed by atoms with Gasteiger partial charge in [-0.25, -0.2) is 4.79 Å². The van der Waals surface area contributed by atoms with Crippen LogP contribution in [0.1, 0.15) is 112 Å². The van der Waals surface area contributed by atoms with Gasteiger partial charge in [0.2, 0.25) is 5.52 Å². The summed E-state index contributed by atoms with van der Waals surface area (Å²) in [4.78, 5) is 28.2. The van der Waals surface area contributed by atoms with Gasteiger partial charge in [-0.1, -0.05) is 93.3 Å². The molecule has 0 spiro atoms. The molecule has 3 fully saturated rings. The van der Waals surface area contributed by atoms with Gasteiger partial charge in [-0.15, -0.1) is 0 Å². The molecule has 0 amide bonds. The Morgan fingerprint density at radius 3 is 2.32 bits per heavy atom. The molecular formula is C39H51O4P. The number of aryl methyl sites for hydroxylation is 3. The predicted octanol–water partition coefficient (Wildman–Crippen LogP) is 10.3. The third-order valence-corrected chi connectivity index (χ3v) is 15.2. The zero-order valence-corrected chi connectivity index (χ0v) is 28.6. The molecule has 4 aliphatic rings. The number of hydrogen-bond acceptors (Lipinski definition) is 4. The lowest BCUT2D eigenvalue weighted by Gasteiger charge is -2.58. The number of benzene rings is 2. The molecule has 2 aromatic carbocycles. The summed E-state index contributed by atoms with van der Waals surface area (Å²) in [5.74, 6) is 3.13. The van der Waals surface area contributed by atoms with Crippen LogP contribution < -0.4 is 5.30 Å². The van der Waals surface area contributed by atoms with Crippen LogP contribution >= 0.6 is 7.14 Å². The second kappa shape index (κ2) is 11.7. The Morgan fingerprint density at radius 1 is 0.932 bits per heavy atom. The summed E-state index contributed by atoms with van der Waals surface area (Å²) in [6, 6.07) is 12.4. The van der Waals surface area contributed by atoms with Crippen molar-refractivity contribution in [1.29, 1.82) is 0 Å². The molecule has 6 rings (SSSR count). The number of carbonyl (C=O) groups excluding carboxylic acids is 2. The summed E-state index contributed by atoms with van der Waals surface area (Å²) in [6.07, 6.45) is 13.7. The molecule has 4 nitrogen and oxygen atoms in total. The molecule has 44 heavy (non-hydrogen) atoms. The first kappa shape index (κ1) is 31.5. The van der Waals surface area contributed by atoms with Crippen molar-refractivity contribution in [1.82, 2.24) is 0 Å². The van der Waals surface area contributed by atoms with E-state index in [0.29, 0.717) is 23.3 Å². The normalized spacial score (nSPS) is 34.1. The molecule has 0 saturated heterocycles. The lowest BCUT2D eigenvalue weighted by molar-refractivity contribution is -0.0508. The van der Waals surface area contributed by atoms with Crippen LogP contribution in [0.5, 0.6) is 0 Å². The average Bonchev–Trinajstić information content (AvgIpc) is 3.33. The third-order valence-electron chi connectivity index (χ3n) is 12.7. The largest absolute Gasteiger partial charge is 0.456 e. The van der Waals surface area contributed by atoms with Crippen LogP contribution in [0.4, 0.5) is 4.79 Å². The SMILES string of the molecule is CCCC1CCC2C3CC=C4CC(OC(=O)P(=O)(C(=O)c5c(C)cc(C)cc5C)c5ccccc5)CCC4(C)C3CCC12C. The topological polar surface area (TPSA) is 60.4 Å². The van der Waals surface area contributed by atoms with Crippen molar-refractivity contribution >= 4 is 23.7 Å². The number of rotatable bonds is 7. The van der Waals surface area contributed by atoms with Gasteiger partial charge in [-0.05, 0) is 111 Å². The van der Waals surface area contributed by atoms with Gasteiger partial charge in [-0.2, -0.15) is 0 Å². The maximum absolute atomic E-state index is 14.8. The maximum atomic E-state index is 14.8. The standard InChI is InChI=1S/C39H51O4P/c1-7-11-28-15-17-33-32-16-14-29-24-30(18-20-39(29,6)34(32)19-21-38(28,33)5)43-37(41)44(42,31-12-9-8-10-13-31)36(40)35-26(3)22-25(2)23-27(35)4/h8-10,12-14,22-23,28,30,32-34H,7,11,15-21,24H2,1-6H3. The highest BCUT2D eigenvalue weighted by Gasteiger charge is 2.58. The predicted molar refractivity (Wildman–Crippen MR) is 179 cm³/mol. The van der Waals surface area contributed by atoms with Gasteiger partial charge in [0, 0.05) is 17.3 Å². The van der Waals surface area contributed by atoms with E-state index in [1.54, 1.807) is 30.3 Å². The van der Waals surface area contributed by atoms with Crippen molar-refractivity contribution in [2.75, 3.05) is 0 Å². The van der Waals surface area contributed by atoms with E-state index >= 15 is 0 Å². The van der Waals surface area contributed by atoms with Gasteiger partial charge in [0.05, 0.1) is 0 Å². The molecule has 236 valence electrons. The van der Waals surface area contributed by atoms with Gasteiger partial charge in [0.25, 0.3) is 7.14 Å². The highest BCUT2D eigenvalue weighted by atomic mass is 31.2. The molecule has 0 radical (unpaired) electrons. The van der Waals surface area contributed by atoms with E-state index in [4.69, 9.17) is 4.74 Å². The number of carbonyl (C=O) groups is 2. The highest BCUT2D eigenvalue weighted by Crippen LogP contribution is 2.67. The van der Waals surface area contributed by atoms with E-state index in [0.717, 1.165) is 53.7 Å². The molecule has 0 heterocycles. The molecule has 8 unspecified atom stereocenters. The summed E-state index contributed by atoms with van der Waals surface area (Å²) >= 11 is 0. The van der Waals surface area contributed by atoms with E-state index in [1.807, 2.05) is 32.9 Å². The van der Waals surface area contributed by atoms with Crippen LogP contribution in [0.15, 0.2) is 54.1 Å². The second-order valence-electron chi connectivity index (χ2n) is 15.1. The summed E-state index contributed by atoms with van der Waals surface area (Å²) in [5.41, 5.74) is 3.42. The zero-order valence-electron chi connectivity index (χ0n) is 27.7. The van der Waals surface area contributed by atoms with Crippen LogP contribution in [0, 0.1) is 55.3 Å². The molecular weight excluding hydrogens is 563 g/mol. The monoisotopic (exact) mass is 614 g/mol. The Labute approximate surface area is 264 Å². The van der Waals surface area contributed by atoms with Gasteiger partial charge >= 0.3 is 5.71 Å². The Balaban J connectivity index is 1.24. The van der Waals surface area contributed by atoms with Crippen LogP contribution in [0.25, 0.3) is 0 Å². The second-order valence-corrected chi connectivity index (χ2v) is 17.6. The van der Waals surface area contributed by atoms with Crippen molar-refractivity contribution in [2.45, 2.75) is 112 Å². The molecule has 0 N–H and O–H groups in total. The number of hydrogen-bond donors (Lipinski definition) is 0. The van der Waals surface area contributed by atoms with Crippen molar-refractivity contribution in [3.8, 4) is 0 Å². The number of allylic oxidation sites excluding steroid dienone is 1. The molecule has 2 aromatic rings. The fourth-order valence-corrected chi connectivity index (χ4v) is 12.7. The smallest absolute Gasteiger partial charge is 0.376 e. The molecule has 3 saturated carbocycles. The fraction of sp³-hybridized carbons (Fsp3) is 0.590. The van der Waals surface area contributed by atoms with Crippen LogP contribution in [0.3, 0.4) is 0 Å². The van der Waals surface area contributed by atoms with Crippen LogP contribution in [0.2, 0.25) is 0 Å². The van der Waals surface area contributed by atoms with Gasteiger partial charge in [-0.3, -0.25) is 9.36 Å². The first-order valence-electron chi connectivity index (χ1n) is 17.1. The Hall–Kier alpha value is -2.45. The summed E-state index contributed by atoms with van der Waals surface area (Å²) in [7, 11) is -4.24.